The number of nitrogens with one attached hydrogen (secondary N) is 1. The van der Waals surface area contributed by atoms with Crippen molar-refractivity contribution in [2.24, 2.45) is 5.92 Å². The first-order valence-electron chi connectivity index (χ1n) is 9.20. The summed E-state index contributed by atoms with van der Waals surface area (Å²) in [5.41, 5.74) is 1.52. The van der Waals surface area contributed by atoms with E-state index in [4.69, 9.17) is 11.6 Å². The second-order valence-corrected chi connectivity index (χ2v) is 10.9. The first kappa shape index (κ1) is 19.8. The van der Waals surface area contributed by atoms with E-state index in [-0.39, 0.29) is 28.5 Å². The highest BCUT2D eigenvalue weighted by Gasteiger charge is 2.37. The number of carbonyl (C=O) groups excluding carboxylic acids is 1. The molecule has 2 aromatic rings. The number of benzene rings is 2. The molecule has 2 aromatic carbocycles. The maximum atomic E-state index is 12.8. The third-order valence-corrected chi connectivity index (χ3v) is 7.67. The molecule has 1 aliphatic heterocycles. The summed E-state index contributed by atoms with van der Waals surface area (Å²) in [5, 5.41) is 0.883. The second kappa shape index (κ2) is 7.71. The number of sulfonamides is 1. The van der Waals surface area contributed by atoms with Crippen molar-refractivity contribution in [1.82, 2.24) is 4.72 Å². The number of amides is 1. The second-order valence-electron chi connectivity index (χ2n) is 7.23. The standard InChI is InChI=1S/C20H21ClN2O3S2/c1-13-12-23(20(24)15-4-5-15)18-10-17(8-9-19(18)27-13)28(25,26)22-11-14-2-6-16(21)7-3-14/h2-3,6-10,13,15,22H,4-5,11-12H2,1H3. The summed E-state index contributed by atoms with van der Waals surface area (Å²) in [4.78, 5) is 15.6. The van der Waals surface area contributed by atoms with Crippen molar-refractivity contribution in [2.75, 3.05) is 11.4 Å². The molecular formula is C20H21ClN2O3S2. The van der Waals surface area contributed by atoms with Gasteiger partial charge >= 0.3 is 0 Å². The van der Waals surface area contributed by atoms with Gasteiger partial charge < -0.3 is 4.90 Å². The minimum Gasteiger partial charge on any atom is -0.310 e. The van der Waals surface area contributed by atoms with Gasteiger partial charge in [0.1, 0.15) is 0 Å². The predicted octanol–water partition coefficient (Wildman–Crippen LogP) is 4.06. The summed E-state index contributed by atoms with van der Waals surface area (Å²) < 4.78 is 28.2. The summed E-state index contributed by atoms with van der Waals surface area (Å²) >= 11 is 7.54. The van der Waals surface area contributed by atoms with Crippen molar-refractivity contribution >= 4 is 45.0 Å². The highest BCUT2D eigenvalue weighted by Crippen LogP contribution is 2.42. The van der Waals surface area contributed by atoms with Crippen LogP contribution in [0.2, 0.25) is 5.02 Å². The van der Waals surface area contributed by atoms with Gasteiger partial charge in [-0.3, -0.25) is 4.79 Å². The largest absolute Gasteiger partial charge is 0.310 e. The molecule has 1 unspecified atom stereocenters. The summed E-state index contributed by atoms with van der Waals surface area (Å²) in [6, 6.07) is 12.1. The molecule has 0 bridgehead atoms. The number of rotatable bonds is 5. The Bertz CT molecular complexity index is 1000. The van der Waals surface area contributed by atoms with Crippen LogP contribution in [-0.4, -0.2) is 26.1 Å². The quantitative estimate of drug-likeness (QED) is 0.767. The highest BCUT2D eigenvalue weighted by atomic mass is 35.5. The van der Waals surface area contributed by atoms with Crippen molar-refractivity contribution in [1.29, 1.82) is 0 Å². The van der Waals surface area contributed by atoms with E-state index in [0.29, 0.717) is 17.3 Å². The van der Waals surface area contributed by atoms with Crippen LogP contribution in [0, 0.1) is 5.92 Å². The lowest BCUT2D eigenvalue weighted by Gasteiger charge is -2.33. The van der Waals surface area contributed by atoms with Gasteiger partial charge in [-0.05, 0) is 48.7 Å². The number of hydrogen-bond donors (Lipinski definition) is 1. The molecule has 0 radical (unpaired) electrons. The number of thioether (sulfide) groups is 1. The number of anilines is 1. The number of fused-ring (bicyclic) bond motifs is 1. The molecule has 1 amide bonds. The Balaban J connectivity index is 1.58. The van der Waals surface area contributed by atoms with Crippen LogP contribution in [0.5, 0.6) is 0 Å². The maximum Gasteiger partial charge on any atom is 0.240 e. The third kappa shape index (κ3) is 4.22. The van der Waals surface area contributed by atoms with Crippen LogP contribution in [0.15, 0.2) is 52.3 Å². The minimum atomic E-state index is -3.70. The van der Waals surface area contributed by atoms with E-state index in [1.165, 1.54) is 0 Å². The van der Waals surface area contributed by atoms with Crippen molar-refractivity contribution in [2.45, 2.75) is 41.4 Å². The number of nitrogens with zero attached hydrogens (tertiary/aromatic N) is 1. The van der Waals surface area contributed by atoms with Gasteiger partial charge in [-0.2, -0.15) is 0 Å². The van der Waals surface area contributed by atoms with E-state index >= 15 is 0 Å². The third-order valence-electron chi connectivity index (χ3n) is 4.87. The molecule has 2 aliphatic rings. The van der Waals surface area contributed by atoms with Crippen molar-refractivity contribution < 1.29 is 13.2 Å². The molecule has 4 rings (SSSR count). The monoisotopic (exact) mass is 436 g/mol. The average Bonchev–Trinajstić information content (AvgIpc) is 3.51. The fraction of sp³-hybridized carbons (Fsp3) is 0.350. The van der Waals surface area contributed by atoms with E-state index in [1.54, 1.807) is 59.1 Å². The topological polar surface area (TPSA) is 66.5 Å². The zero-order valence-electron chi connectivity index (χ0n) is 15.4. The van der Waals surface area contributed by atoms with E-state index in [0.717, 1.165) is 23.3 Å². The molecule has 1 saturated carbocycles. The lowest BCUT2D eigenvalue weighted by Crippen LogP contribution is -2.39. The molecule has 0 spiro atoms. The molecule has 1 atom stereocenters. The first-order valence-corrected chi connectivity index (χ1v) is 11.9. The Kier molecular flexibility index (Phi) is 5.44. The van der Waals surface area contributed by atoms with Crippen LogP contribution in [0.1, 0.15) is 25.3 Å². The molecule has 1 N–H and O–H groups in total. The van der Waals surface area contributed by atoms with Gasteiger partial charge in [-0.25, -0.2) is 13.1 Å². The smallest absolute Gasteiger partial charge is 0.240 e. The van der Waals surface area contributed by atoms with Crippen LogP contribution in [0.25, 0.3) is 0 Å². The van der Waals surface area contributed by atoms with Crippen LogP contribution in [-0.2, 0) is 21.4 Å². The molecular weight excluding hydrogens is 416 g/mol. The van der Waals surface area contributed by atoms with Gasteiger partial charge in [0, 0.05) is 34.2 Å². The fourth-order valence-electron chi connectivity index (χ4n) is 3.21. The minimum absolute atomic E-state index is 0.0893. The summed E-state index contributed by atoms with van der Waals surface area (Å²) in [6.45, 7) is 2.86. The van der Waals surface area contributed by atoms with Gasteiger partial charge in [0.05, 0.1) is 10.6 Å². The molecule has 0 saturated heterocycles. The highest BCUT2D eigenvalue weighted by molar-refractivity contribution is 8.00. The zero-order valence-corrected chi connectivity index (χ0v) is 17.8. The molecule has 1 aliphatic carbocycles. The first-order chi connectivity index (χ1) is 13.3. The van der Waals surface area contributed by atoms with Gasteiger partial charge in [-0.15, -0.1) is 11.8 Å². The maximum absolute atomic E-state index is 12.8. The lowest BCUT2D eigenvalue weighted by molar-refractivity contribution is -0.119. The van der Waals surface area contributed by atoms with E-state index in [2.05, 4.69) is 11.6 Å². The van der Waals surface area contributed by atoms with Crippen LogP contribution >= 0.6 is 23.4 Å². The summed E-state index contributed by atoms with van der Waals surface area (Å²) in [7, 11) is -3.70. The molecule has 148 valence electrons. The lowest BCUT2D eigenvalue weighted by atomic mass is 10.2. The van der Waals surface area contributed by atoms with Gasteiger partial charge in [0.25, 0.3) is 0 Å². The van der Waals surface area contributed by atoms with Gasteiger partial charge in [0.2, 0.25) is 15.9 Å². The van der Waals surface area contributed by atoms with Crippen LogP contribution in [0.3, 0.4) is 0 Å². The predicted molar refractivity (Wildman–Crippen MR) is 112 cm³/mol. The van der Waals surface area contributed by atoms with Crippen molar-refractivity contribution in [3.63, 3.8) is 0 Å². The molecule has 1 heterocycles. The van der Waals surface area contributed by atoms with E-state index < -0.39 is 10.0 Å². The number of halogens is 1. The Hall–Kier alpha value is -1.54. The zero-order chi connectivity index (χ0) is 19.9. The number of hydrogen-bond acceptors (Lipinski definition) is 4. The Morgan fingerprint density at radius 3 is 2.61 bits per heavy atom. The van der Waals surface area contributed by atoms with Crippen molar-refractivity contribution in [3.8, 4) is 0 Å². The Morgan fingerprint density at radius 1 is 1.21 bits per heavy atom. The normalized spacial score (nSPS) is 19.4. The number of carbonyl (C=O) groups is 1. The van der Waals surface area contributed by atoms with E-state index in [1.807, 2.05) is 0 Å². The molecule has 28 heavy (non-hydrogen) atoms. The Labute approximate surface area is 174 Å². The van der Waals surface area contributed by atoms with Gasteiger partial charge in [0.15, 0.2) is 0 Å². The average molecular weight is 437 g/mol. The SMILES string of the molecule is CC1CN(C(=O)C2CC2)c2cc(S(=O)(=O)NCc3ccc(Cl)cc3)ccc2S1. The molecule has 0 aromatic heterocycles. The van der Waals surface area contributed by atoms with Crippen LogP contribution in [0.4, 0.5) is 5.69 Å². The van der Waals surface area contributed by atoms with Crippen LogP contribution < -0.4 is 9.62 Å². The van der Waals surface area contributed by atoms with E-state index in [9.17, 15) is 13.2 Å². The summed E-state index contributed by atoms with van der Waals surface area (Å²) in [6.07, 6.45) is 1.85. The fourth-order valence-corrected chi connectivity index (χ4v) is 5.46. The Morgan fingerprint density at radius 2 is 1.93 bits per heavy atom. The van der Waals surface area contributed by atoms with Gasteiger partial charge in [-0.1, -0.05) is 30.7 Å². The molecule has 5 nitrogen and oxygen atoms in total. The van der Waals surface area contributed by atoms with Crippen molar-refractivity contribution in [3.05, 3.63) is 53.1 Å². The molecule has 1 fully saturated rings. The molecule has 8 heteroatoms. The summed E-state index contributed by atoms with van der Waals surface area (Å²) in [5.74, 6) is 0.198.